The molecule has 1 heterocycles. The Morgan fingerprint density at radius 2 is 1.41 bits per heavy atom. The van der Waals surface area contributed by atoms with Gasteiger partial charge in [0.25, 0.3) is 0 Å². The lowest BCUT2D eigenvalue weighted by Gasteiger charge is -2.45. The molecule has 152 valence electrons. The summed E-state index contributed by atoms with van der Waals surface area (Å²) < 4.78 is 0. The molecule has 4 rings (SSSR count). The van der Waals surface area contributed by atoms with E-state index in [0.717, 1.165) is 18.4 Å². The van der Waals surface area contributed by atoms with Gasteiger partial charge < -0.3 is 10.2 Å². The average Bonchev–Trinajstić information content (AvgIpc) is 2.74. The van der Waals surface area contributed by atoms with Crippen molar-refractivity contribution in [1.82, 2.24) is 10.2 Å². The Morgan fingerprint density at radius 1 is 0.862 bits per heavy atom. The number of nitrogens with one attached hydrogen (secondary N) is 1. The number of carbonyl (C=O) groups is 2. The Hall–Kier alpha value is -2.62. The highest BCUT2D eigenvalue weighted by Gasteiger charge is 2.45. The molecule has 0 atom stereocenters. The van der Waals surface area contributed by atoms with Gasteiger partial charge in [-0.25, -0.2) is 0 Å². The number of nitrogens with zero attached hydrogens (tertiary/aromatic N) is 1. The van der Waals surface area contributed by atoms with Crippen molar-refractivity contribution in [3.8, 4) is 0 Å². The predicted molar refractivity (Wildman–Crippen MR) is 115 cm³/mol. The first-order chi connectivity index (χ1) is 14.1. The van der Waals surface area contributed by atoms with E-state index in [0.29, 0.717) is 32.5 Å². The topological polar surface area (TPSA) is 49.4 Å². The lowest BCUT2D eigenvalue weighted by Crippen LogP contribution is -2.55. The maximum Gasteiger partial charge on any atom is 0.230 e. The second kappa shape index (κ2) is 8.02. The van der Waals surface area contributed by atoms with Crippen LogP contribution in [0.5, 0.6) is 0 Å². The molecule has 1 N–H and O–H groups in total. The maximum absolute atomic E-state index is 13.6. The highest BCUT2D eigenvalue weighted by atomic mass is 16.2. The van der Waals surface area contributed by atoms with Crippen molar-refractivity contribution < 1.29 is 9.59 Å². The summed E-state index contributed by atoms with van der Waals surface area (Å²) in [5, 5.41) is 3.33. The molecule has 2 aromatic rings. The monoisotopic (exact) mass is 390 g/mol. The molecule has 2 aromatic carbocycles. The molecule has 0 aromatic heterocycles. The van der Waals surface area contributed by atoms with Gasteiger partial charge >= 0.3 is 0 Å². The summed E-state index contributed by atoms with van der Waals surface area (Å²) in [5.74, 6) is 0.193. The molecule has 0 radical (unpaired) electrons. The zero-order valence-corrected chi connectivity index (χ0v) is 17.2. The zero-order valence-electron chi connectivity index (χ0n) is 17.2. The first-order valence-electron chi connectivity index (χ1n) is 10.7. The van der Waals surface area contributed by atoms with E-state index in [9.17, 15) is 9.59 Å². The van der Waals surface area contributed by atoms with E-state index in [1.165, 1.54) is 12.0 Å². The van der Waals surface area contributed by atoms with E-state index >= 15 is 0 Å². The maximum atomic E-state index is 13.6. The molecule has 2 amide bonds. The SMILES string of the molecule is CC(=O)N1CCC(C(=O)NCC2(c3ccccc3)CCC2)(c2ccccc2)CC1. The number of carbonyl (C=O) groups excluding carboxylic acids is 2. The second-order valence-corrected chi connectivity index (χ2v) is 8.64. The van der Waals surface area contributed by atoms with Crippen LogP contribution in [0, 0.1) is 0 Å². The van der Waals surface area contributed by atoms with Crippen LogP contribution in [-0.2, 0) is 20.4 Å². The fourth-order valence-electron chi connectivity index (χ4n) is 4.99. The summed E-state index contributed by atoms with van der Waals surface area (Å²) in [7, 11) is 0. The first-order valence-corrected chi connectivity index (χ1v) is 10.7. The van der Waals surface area contributed by atoms with Gasteiger partial charge in [-0.2, -0.15) is 0 Å². The van der Waals surface area contributed by atoms with Gasteiger partial charge in [0.05, 0.1) is 5.41 Å². The van der Waals surface area contributed by atoms with Crippen molar-refractivity contribution in [3.05, 3.63) is 71.8 Å². The van der Waals surface area contributed by atoms with Crippen LogP contribution in [0.1, 0.15) is 50.2 Å². The summed E-state index contributed by atoms with van der Waals surface area (Å²) in [5.41, 5.74) is 1.89. The van der Waals surface area contributed by atoms with Crippen molar-refractivity contribution in [2.45, 2.75) is 49.9 Å². The van der Waals surface area contributed by atoms with E-state index in [4.69, 9.17) is 0 Å². The van der Waals surface area contributed by atoms with Gasteiger partial charge in [-0.05, 0) is 36.8 Å². The number of hydrogen-bond acceptors (Lipinski definition) is 2. The predicted octanol–water partition coefficient (Wildman–Crippen LogP) is 3.80. The lowest BCUT2D eigenvalue weighted by molar-refractivity contribution is -0.135. The van der Waals surface area contributed by atoms with Gasteiger partial charge in [0, 0.05) is 32.0 Å². The molecule has 2 fully saturated rings. The number of benzene rings is 2. The third-order valence-electron chi connectivity index (χ3n) is 7.11. The normalized spacial score (nSPS) is 19.8. The first kappa shape index (κ1) is 19.7. The zero-order chi connectivity index (χ0) is 20.3. The summed E-state index contributed by atoms with van der Waals surface area (Å²) in [6.45, 7) is 3.54. The molecule has 29 heavy (non-hydrogen) atoms. The largest absolute Gasteiger partial charge is 0.354 e. The van der Waals surface area contributed by atoms with Crippen LogP contribution in [0.15, 0.2) is 60.7 Å². The number of likely N-dealkylation sites (tertiary alicyclic amines) is 1. The van der Waals surface area contributed by atoms with Gasteiger partial charge in [-0.3, -0.25) is 9.59 Å². The molecular formula is C25H30N2O2. The third-order valence-corrected chi connectivity index (χ3v) is 7.11. The molecule has 0 bridgehead atoms. The minimum atomic E-state index is -0.561. The fraction of sp³-hybridized carbons (Fsp3) is 0.440. The van der Waals surface area contributed by atoms with Gasteiger partial charge in [0.1, 0.15) is 0 Å². The van der Waals surface area contributed by atoms with Crippen LogP contribution < -0.4 is 5.32 Å². The molecule has 1 saturated carbocycles. The standard InChI is InChI=1S/C25H30N2O2/c1-20(28)27-17-15-25(16-18-27,22-11-6-3-7-12-22)23(29)26-19-24(13-8-14-24)21-9-4-2-5-10-21/h2-7,9-12H,8,13-19H2,1H3,(H,26,29). The van der Waals surface area contributed by atoms with E-state index in [1.54, 1.807) is 6.92 Å². The minimum absolute atomic E-state index is 0.0644. The molecule has 1 aliphatic heterocycles. The molecule has 0 spiro atoms. The van der Waals surface area contributed by atoms with E-state index in [-0.39, 0.29) is 17.2 Å². The molecule has 1 saturated heterocycles. The summed E-state index contributed by atoms with van der Waals surface area (Å²) in [6.07, 6.45) is 4.78. The lowest BCUT2D eigenvalue weighted by atomic mass is 9.64. The Morgan fingerprint density at radius 3 is 1.90 bits per heavy atom. The summed E-state index contributed by atoms with van der Waals surface area (Å²) >= 11 is 0. The van der Waals surface area contributed by atoms with Crippen LogP contribution in [0.4, 0.5) is 0 Å². The third kappa shape index (κ3) is 3.68. The highest BCUT2D eigenvalue weighted by molar-refractivity contribution is 5.89. The van der Waals surface area contributed by atoms with Gasteiger partial charge in [0.2, 0.25) is 11.8 Å². The molecule has 1 aliphatic carbocycles. The number of rotatable bonds is 5. The summed E-state index contributed by atoms with van der Waals surface area (Å²) in [4.78, 5) is 27.3. The number of amides is 2. The number of piperidine rings is 1. The quantitative estimate of drug-likeness (QED) is 0.844. The van der Waals surface area contributed by atoms with Crippen LogP contribution in [-0.4, -0.2) is 36.3 Å². The average molecular weight is 391 g/mol. The van der Waals surface area contributed by atoms with Gasteiger partial charge in [-0.15, -0.1) is 0 Å². The molecule has 2 aliphatic rings. The van der Waals surface area contributed by atoms with E-state index < -0.39 is 5.41 Å². The Bertz CT molecular complexity index is 851. The van der Waals surface area contributed by atoms with Crippen LogP contribution in [0.3, 0.4) is 0 Å². The fourth-order valence-corrected chi connectivity index (χ4v) is 4.99. The van der Waals surface area contributed by atoms with Crippen LogP contribution in [0.25, 0.3) is 0 Å². The van der Waals surface area contributed by atoms with Crippen molar-refractivity contribution in [2.24, 2.45) is 0 Å². The highest BCUT2D eigenvalue weighted by Crippen LogP contribution is 2.43. The van der Waals surface area contributed by atoms with Crippen LogP contribution in [0.2, 0.25) is 0 Å². The molecule has 0 unspecified atom stereocenters. The molecule has 4 nitrogen and oxygen atoms in total. The smallest absolute Gasteiger partial charge is 0.230 e. The van der Waals surface area contributed by atoms with E-state index in [2.05, 4.69) is 41.7 Å². The minimum Gasteiger partial charge on any atom is -0.354 e. The Labute approximate surface area is 173 Å². The van der Waals surface area contributed by atoms with E-state index in [1.807, 2.05) is 29.2 Å². The van der Waals surface area contributed by atoms with Crippen molar-refractivity contribution in [2.75, 3.05) is 19.6 Å². The summed E-state index contributed by atoms with van der Waals surface area (Å²) in [6, 6.07) is 20.7. The Balaban J connectivity index is 1.54. The number of hydrogen-bond donors (Lipinski definition) is 1. The van der Waals surface area contributed by atoms with Crippen LogP contribution >= 0.6 is 0 Å². The molecule has 4 heteroatoms. The van der Waals surface area contributed by atoms with Crippen molar-refractivity contribution >= 4 is 11.8 Å². The molecular weight excluding hydrogens is 360 g/mol. The van der Waals surface area contributed by atoms with Crippen molar-refractivity contribution in [1.29, 1.82) is 0 Å². The second-order valence-electron chi connectivity index (χ2n) is 8.64. The Kier molecular flexibility index (Phi) is 5.44. The van der Waals surface area contributed by atoms with Gasteiger partial charge in [0.15, 0.2) is 0 Å². The van der Waals surface area contributed by atoms with Gasteiger partial charge in [-0.1, -0.05) is 67.1 Å². The van der Waals surface area contributed by atoms with Crippen molar-refractivity contribution in [3.63, 3.8) is 0 Å².